The van der Waals surface area contributed by atoms with Crippen molar-refractivity contribution in [3.05, 3.63) is 18.2 Å². The van der Waals surface area contributed by atoms with Gasteiger partial charge in [0.1, 0.15) is 0 Å². The predicted molar refractivity (Wildman–Crippen MR) is 71.6 cm³/mol. The van der Waals surface area contributed by atoms with Crippen LogP contribution in [0.25, 0.3) is 0 Å². The van der Waals surface area contributed by atoms with Gasteiger partial charge in [0.2, 0.25) is 0 Å². The molecule has 1 aromatic carbocycles. The number of hydrogen-bond donors (Lipinski definition) is 1. The van der Waals surface area contributed by atoms with Gasteiger partial charge in [0.05, 0.1) is 29.3 Å². The van der Waals surface area contributed by atoms with E-state index < -0.39 is 10.8 Å². The average Bonchev–Trinajstić information content (AvgIpc) is 2.64. The van der Waals surface area contributed by atoms with Crippen molar-refractivity contribution in [3.63, 3.8) is 0 Å². The predicted octanol–water partition coefficient (Wildman–Crippen LogP) is 1.69. The Hall–Kier alpha value is -1.07. The van der Waals surface area contributed by atoms with Crippen molar-refractivity contribution < 1.29 is 13.7 Å². The fraction of sp³-hybridized carbons (Fsp3) is 0.538. The minimum atomic E-state index is -1.09. The summed E-state index contributed by atoms with van der Waals surface area (Å²) < 4.78 is 23.5. The molecule has 0 saturated carbocycles. The summed E-state index contributed by atoms with van der Waals surface area (Å²) in [5, 5.41) is -0.00486. The van der Waals surface area contributed by atoms with Crippen molar-refractivity contribution in [3.8, 4) is 11.5 Å². The number of rotatable bonds is 4. The molecule has 0 aromatic heterocycles. The van der Waals surface area contributed by atoms with Gasteiger partial charge in [-0.05, 0) is 18.6 Å². The molecule has 0 saturated heterocycles. The van der Waals surface area contributed by atoms with Crippen LogP contribution >= 0.6 is 0 Å². The summed E-state index contributed by atoms with van der Waals surface area (Å²) in [4.78, 5) is 0.761. The molecule has 0 aliphatic carbocycles. The van der Waals surface area contributed by atoms with E-state index in [-0.39, 0.29) is 5.25 Å². The average molecular weight is 269 g/mol. The standard InChI is InChI=1S/C13H19NO3S/c1-2-10(9-14)18(15)11-4-5-12-13(8-11)17-7-3-6-16-12/h4-5,8,10H,2-3,6-7,9,14H2,1H3. The molecule has 5 heteroatoms. The molecule has 1 aliphatic rings. The Morgan fingerprint density at radius 1 is 1.33 bits per heavy atom. The molecule has 0 radical (unpaired) electrons. The zero-order valence-corrected chi connectivity index (χ0v) is 11.4. The number of benzene rings is 1. The summed E-state index contributed by atoms with van der Waals surface area (Å²) in [7, 11) is -1.09. The molecule has 1 heterocycles. The molecule has 2 N–H and O–H groups in total. The van der Waals surface area contributed by atoms with Crippen LogP contribution in [0.2, 0.25) is 0 Å². The van der Waals surface area contributed by atoms with E-state index in [1.807, 2.05) is 25.1 Å². The lowest BCUT2D eigenvalue weighted by Gasteiger charge is -2.14. The highest BCUT2D eigenvalue weighted by Crippen LogP contribution is 2.32. The molecule has 0 bridgehead atoms. The zero-order valence-electron chi connectivity index (χ0n) is 10.6. The number of nitrogens with two attached hydrogens (primary N) is 1. The van der Waals surface area contributed by atoms with Crippen LogP contribution in [0.5, 0.6) is 11.5 Å². The van der Waals surface area contributed by atoms with E-state index in [4.69, 9.17) is 15.2 Å². The van der Waals surface area contributed by atoms with Gasteiger partial charge in [0.15, 0.2) is 11.5 Å². The third-order valence-corrected chi connectivity index (χ3v) is 4.82. The van der Waals surface area contributed by atoms with E-state index >= 15 is 0 Å². The van der Waals surface area contributed by atoms with E-state index in [0.29, 0.717) is 25.5 Å². The molecule has 1 aromatic rings. The second-order valence-corrected chi connectivity index (χ2v) is 5.96. The van der Waals surface area contributed by atoms with Gasteiger partial charge in [0.25, 0.3) is 0 Å². The summed E-state index contributed by atoms with van der Waals surface area (Å²) >= 11 is 0. The van der Waals surface area contributed by atoms with E-state index in [2.05, 4.69) is 0 Å². The maximum absolute atomic E-state index is 12.3. The van der Waals surface area contributed by atoms with Crippen molar-refractivity contribution in [1.29, 1.82) is 0 Å². The number of fused-ring (bicyclic) bond motifs is 1. The molecule has 2 rings (SSSR count). The lowest BCUT2D eigenvalue weighted by atomic mass is 10.3. The van der Waals surface area contributed by atoms with Crippen LogP contribution in [0, 0.1) is 0 Å². The molecule has 2 unspecified atom stereocenters. The minimum Gasteiger partial charge on any atom is -0.490 e. The molecular formula is C13H19NO3S. The van der Waals surface area contributed by atoms with E-state index in [1.165, 1.54) is 0 Å². The maximum atomic E-state index is 12.3. The largest absolute Gasteiger partial charge is 0.490 e. The highest BCUT2D eigenvalue weighted by molar-refractivity contribution is 7.85. The summed E-state index contributed by atoms with van der Waals surface area (Å²) in [6.45, 7) is 3.73. The van der Waals surface area contributed by atoms with Gasteiger partial charge in [-0.25, -0.2) is 0 Å². The second kappa shape index (κ2) is 6.20. The fourth-order valence-electron chi connectivity index (χ4n) is 1.87. The van der Waals surface area contributed by atoms with Crippen molar-refractivity contribution in [1.82, 2.24) is 0 Å². The first-order chi connectivity index (χ1) is 8.76. The fourth-order valence-corrected chi connectivity index (χ4v) is 3.15. The van der Waals surface area contributed by atoms with Crippen LogP contribution in [-0.4, -0.2) is 29.2 Å². The second-order valence-electron chi connectivity index (χ2n) is 4.22. The van der Waals surface area contributed by atoms with Crippen LogP contribution in [0.4, 0.5) is 0 Å². The molecule has 18 heavy (non-hydrogen) atoms. The van der Waals surface area contributed by atoms with Crippen LogP contribution in [0.3, 0.4) is 0 Å². The Kier molecular flexibility index (Phi) is 4.60. The molecule has 4 nitrogen and oxygen atoms in total. The monoisotopic (exact) mass is 269 g/mol. The Morgan fingerprint density at radius 2 is 2.06 bits per heavy atom. The van der Waals surface area contributed by atoms with Crippen LogP contribution in [0.1, 0.15) is 19.8 Å². The first-order valence-electron chi connectivity index (χ1n) is 6.26. The third-order valence-electron chi connectivity index (χ3n) is 2.97. The Balaban J connectivity index is 2.24. The topological polar surface area (TPSA) is 61.6 Å². The minimum absolute atomic E-state index is 0.00486. The molecule has 100 valence electrons. The zero-order chi connectivity index (χ0) is 13.0. The summed E-state index contributed by atoms with van der Waals surface area (Å²) in [5.74, 6) is 1.42. The molecule has 1 aliphatic heterocycles. The molecule has 2 atom stereocenters. The van der Waals surface area contributed by atoms with Crippen LogP contribution in [0.15, 0.2) is 23.1 Å². The highest BCUT2D eigenvalue weighted by atomic mass is 32.2. The molecule has 0 spiro atoms. The van der Waals surface area contributed by atoms with E-state index in [9.17, 15) is 4.21 Å². The normalized spacial score (nSPS) is 17.9. The van der Waals surface area contributed by atoms with Crippen molar-refractivity contribution in [2.24, 2.45) is 5.73 Å². The lowest BCUT2D eigenvalue weighted by Crippen LogP contribution is -2.24. The van der Waals surface area contributed by atoms with Gasteiger partial charge in [-0.15, -0.1) is 0 Å². The first kappa shape index (κ1) is 13.4. The first-order valence-corrected chi connectivity index (χ1v) is 7.47. The Morgan fingerprint density at radius 3 is 2.72 bits per heavy atom. The van der Waals surface area contributed by atoms with Gasteiger partial charge in [0, 0.05) is 23.9 Å². The van der Waals surface area contributed by atoms with Gasteiger partial charge < -0.3 is 15.2 Å². The van der Waals surface area contributed by atoms with Gasteiger partial charge in [-0.2, -0.15) is 0 Å². The smallest absolute Gasteiger partial charge is 0.162 e. The van der Waals surface area contributed by atoms with Crippen molar-refractivity contribution in [2.45, 2.75) is 29.9 Å². The lowest BCUT2D eigenvalue weighted by molar-refractivity contribution is 0.297. The summed E-state index contributed by atoms with van der Waals surface area (Å²) in [5.41, 5.74) is 5.64. The van der Waals surface area contributed by atoms with Gasteiger partial charge >= 0.3 is 0 Å². The Labute approximate surface area is 110 Å². The van der Waals surface area contributed by atoms with Crippen molar-refractivity contribution >= 4 is 10.8 Å². The SMILES string of the molecule is CCC(CN)S(=O)c1ccc2c(c1)OCCCO2. The van der Waals surface area contributed by atoms with Crippen molar-refractivity contribution in [2.75, 3.05) is 19.8 Å². The molecular weight excluding hydrogens is 250 g/mol. The number of ether oxygens (including phenoxy) is 2. The number of hydrogen-bond acceptors (Lipinski definition) is 4. The molecule has 0 amide bonds. The highest BCUT2D eigenvalue weighted by Gasteiger charge is 2.18. The molecule has 0 fully saturated rings. The third kappa shape index (κ3) is 2.84. The quantitative estimate of drug-likeness (QED) is 0.903. The van der Waals surface area contributed by atoms with Gasteiger partial charge in [-0.1, -0.05) is 6.92 Å². The maximum Gasteiger partial charge on any atom is 0.162 e. The Bertz CT molecular complexity index is 432. The summed E-state index contributed by atoms with van der Waals surface area (Å²) in [6.07, 6.45) is 1.67. The van der Waals surface area contributed by atoms with E-state index in [1.54, 1.807) is 0 Å². The van der Waals surface area contributed by atoms with Gasteiger partial charge in [-0.3, -0.25) is 4.21 Å². The van der Waals surface area contributed by atoms with Crippen LogP contribution < -0.4 is 15.2 Å². The van der Waals surface area contributed by atoms with E-state index in [0.717, 1.165) is 23.5 Å². The van der Waals surface area contributed by atoms with Crippen LogP contribution in [-0.2, 0) is 10.8 Å². The summed E-state index contributed by atoms with van der Waals surface area (Å²) in [6, 6.07) is 5.48.